The highest BCUT2D eigenvalue weighted by Crippen LogP contribution is 2.29. The Morgan fingerprint density at radius 1 is 0.947 bits per heavy atom. The second-order valence-electron chi connectivity index (χ2n) is 9.68. The number of pyridine rings is 1. The molecule has 9 heteroatoms. The summed E-state index contributed by atoms with van der Waals surface area (Å²) in [5.74, 6) is 0.380. The van der Waals surface area contributed by atoms with Crippen molar-refractivity contribution in [3.05, 3.63) is 118 Å². The lowest BCUT2D eigenvalue weighted by atomic mass is 10.0. The molecule has 1 atom stereocenters. The van der Waals surface area contributed by atoms with Crippen LogP contribution in [0.25, 0.3) is 10.9 Å². The summed E-state index contributed by atoms with van der Waals surface area (Å²) in [5.41, 5.74) is 4.38. The molecule has 1 fully saturated rings. The molecule has 0 saturated carbocycles. The molecule has 3 heterocycles. The van der Waals surface area contributed by atoms with Gasteiger partial charge in [-0.15, -0.1) is 5.10 Å². The maximum absolute atomic E-state index is 13.5. The quantitative estimate of drug-likeness (QED) is 0.374. The van der Waals surface area contributed by atoms with Crippen molar-refractivity contribution in [2.75, 3.05) is 31.1 Å². The van der Waals surface area contributed by atoms with Gasteiger partial charge < -0.3 is 9.88 Å². The molecule has 0 amide bonds. The molecule has 2 aromatic heterocycles. The van der Waals surface area contributed by atoms with E-state index < -0.39 is 6.04 Å². The number of aromatic amines is 1. The van der Waals surface area contributed by atoms with Crippen LogP contribution in [0.1, 0.15) is 28.6 Å². The highest BCUT2D eigenvalue weighted by molar-refractivity contribution is 5.82. The molecule has 192 valence electrons. The number of para-hydroxylation sites is 1. The average molecular weight is 510 g/mol. The predicted octanol–water partition coefficient (Wildman–Crippen LogP) is 3.92. The minimum atomic E-state index is -0.433. The van der Waals surface area contributed by atoms with Crippen molar-refractivity contribution in [2.24, 2.45) is 0 Å². The van der Waals surface area contributed by atoms with E-state index in [1.165, 1.54) is 12.1 Å². The zero-order chi connectivity index (χ0) is 26.1. The highest BCUT2D eigenvalue weighted by Gasteiger charge is 2.33. The van der Waals surface area contributed by atoms with E-state index in [0.717, 1.165) is 40.8 Å². The summed E-state index contributed by atoms with van der Waals surface area (Å²) in [4.78, 5) is 21.2. The van der Waals surface area contributed by atoms with Crippen LogP contribution in [0.5, 0.6) is 0 Å². The Kier molecular flexibility index (Phi) is 6.43. The molecule has 0 radical (unpaired) electrons. The Morgan fingerprint density at radius 2 is 1.71 bits per heavy atom. The SMILES string of the molecule is Cc1cccc2cc([C@@H](c3nnnn3Cc3ccccc3)N3CCN(c4ccc(F)cc4)CC3)c(=O)[nH]c12. The van der Waals surface area contributed by atoms with Crippen molar-refractivity contribution in [1.82, 2.24) is 30.1 Å². The third kappa shape index (κ3) is 4.68. The Morgan fingerprint density at radius 3 is 2.47 bits per heavy atom. The monoisotopic (exact) mass is 509 g/mol. The molecule has 1 aliphatic rings. The predicted molar refractivity (Wildman–Crippen MR) is 145 cm³/mol. The number of hydrogen-bond acceptors (Lipinski definition) is 6. The second-order valence-corrected chi connectivity index (χ2v) is 9.68. The van der Waals surface area contributed by atoms with Gasteiger partial charge in [0, 0.05) is 37.4 Å². The van der Waals surface area contributed by atoms with Crippen molar-refractivity contribution in [2.45, 2.75) is 19.5 Å². The summed E-state index contributed by atoms with van der Waals surface area (Å²) < 4.78 is 15.2. The van der Waals surface area contributed by atoms with Crippen LogP contribution in [0.2, 0.25) is 0 Å². The van der Waals surface area contributed by atoms with E-state index in [2.05, 4.69) is 30.3 Å². The van der Waals surface area contributed by atoms with Crippen molar-refractivity contribution in [3.63, 3.8) is 0 Å². The first kappa shape index (κ1) is 24.0. The number of tetrazole rings is 1. The number of aryl methyl sites for hydroxylation is 1. The molecule has 5 aromatic rings. The van der Waals surface area contributed by atoms with Crippen LogP contribution in [0.4, 0.5) is 10.1 Å². The first-order valence-electron chi connectivity index (χ1n) is 12.7. The van der Waals surface area contributed by atoms with E-state index >= 15 is 0 Å². The smallest absolute Gasteiger partial charge is 0.253 e. The van der Waals surface area contributed by atoms with Crippen molar-refractivity contribution in [1.29, 1.82) is 0 Å². The molecule has 6 rings (SSSR count). The molecular weight excluding hydrogens is 481 g/mol. The first-order chi connectivity index (χ1) is 18.6. The number of aromatic nitrogens is 5. The number of piperazine rings is 1. The lowest BCUT2D eigenvalue weighted by molar-refractivity contribution is 0.200. The minimum Gasteiger partial charge on any atom is -0.369 e. The minimum absolute atomic E-state index is 0.146. The van der Waals surface area contributed by atoms with Gasteiger partial charge in [0.2, 0.25) is 0 Å². The highest BCUT2D eigenvalue weighted by atomic mass is 19.1. The molecule has 3 aromatic carbocycles. The molecule has 0 aliphatic carbocycles. The number of rotatable bonds is 6. The van der Waals surface area contributed by atoms with Gasteiger partial charge in [0.25, 0.3) is 5.56 Å². The summed E-state index contributed by atoms with van der Waals surface area (Å²) in [7, 11) is 0. The van der Waals surface area contributed by atoms with E-state index in [4.69, 9.17) is 0 Å². The van der Waals surface area contributed by atoms with Crippen LogP contribution in [0.15, 0.2) is 83.7 Å². The third-order valence-corrected chi connectivity index (χ3v) is 7.26. The van der Waals surface area contributed by atoms with Gasteiger partial charge in [0.05, 0.1) is 12.1 Å². The first-order valence-corrected chi connectivity index (χ1v) is 12.7. The van der Waals surface area contributed by atoms with Crippen molar-refractivity contribution >= 4 is 16.6 Å². The van der Waals surface area contributed by atoms with Crippen LogP contribution in [0.3, 0.4) is 0 Å². The fraction of sp³-hybridized carbons (Fsp3) is 0.241. The molecule has 0 unspecified atom stereocenters. The van der Waals surface area contributed by atoms with Gasteiger partial charge in [-0.05, 0) is 64.2 Å². The lowest BCUT2D eigenvalue weighted by Gasteiger charge is -2.39. The van der Waals surface area contributed by atoms with E-state index in [1.807, 2.05) is 61.5 Å². The number of anilines is 1. The number of H-pyrrole nitrogens is 1. The Labute approximate surface area is 219 Å². The van der Waals surface area contributed by atoms with Crippen molar-refractivity contribution in [3.8, 4) is 0 Å². The van der Waals surface area contributed by atoms with E-state index in [-0.39, 0.29) is 11.4 Å². The molecule has 1 saturated heterocycles. The lowest BCUT2D eigenvalue weighted by Crippen LogP contribution is -2.49. The largest absolute Gasteiger partial charge is 0.369 e. The van der Waals surface area contributed by atoms with Crippen LogP contribution < -0.4 is 10.5 Å². The van der Waals surface area contributed by atoms with E-state index in [1.54, 1.807) is 16.8 Å². The zero-order valence-electron chi connectivity index (χ0n) is 21.1. The van der Waals surface area contributed by atoms with Crippen LogP contribution >= 0.6 is 0 Å². The molecule has 8 nitrogen and oxygen atoms in total. The van der Waals surface area contributed by atoms with Gasteiger partial charge >= 0.3 is 0 Å². The number of benzene rings is 3. The van der Waals surface area contributed by atoms with Gasteiger partial charge in [-0.1, -0.05) is 48.5 Å². The fourth-order valence-corrected chi connectivity index (χ4v) is 5.27. The summed E-state index contributed by atoms with van der Waals surface area (Å²) in [5, 5.41) is 13.7. The summed E-state index contributed by atoms with van der Waals surface area (Å²) in [6.07, 6.45) is 0. The maximum Gasteiger partial charge on any atom is 0.253 e. The standard InChI is InChI=1S/C29H28FN7O/c1-20-6-5-9-22-18-25(29(38)31-26(20)22)27(28-32-33-34-37(28)19-21-7-3-2-4-8-21)36-16-14-35(15-17-36)24-12-10-23(30)11-13-24/h2-13,18,27H,14-17,19H2,1H3,(H,31,38)/t27-/m0/s1. The molecule has 1 N–H and O–H groups in total. The molecular formula is C29H28FN7O. The normalized spacial score (nSPS) is 15.2. The number of fused-ring (bicyclic) bond motifs is 1. The van der Waals surface area contributed by atoms with Gasteiger partial charge in [0.1, 0.15) is 11.9 Å². The maximum atomic E-state index is 13.5. The van der Waals surface area contributed by atoms with Crippen LogP contribution in [-0.2, 0) is 6.54 Å². The summed E-state index contributed by atoms with van der Waals surface area (Å²) in [6.45, 7) is 5.32. The number of nitrogens with one attached hydrogen (secondary N) is 1. The van der Waals surface area contributed by atoms with Crippen LogP contribution in [-0.4, -0.2) is 56.3 Å². The van der Waals surface area contributed by atoms with Crippen molar-refractivity contribution < 1.29 is 4.39 Å². The van der Waals surface area contributed by atoms with Gasteiger partial charge in [-0.2, -0.15) is 0 Å². The topological polar surface area (TPSA) is 82.9 Å². The average Bonchev–Trinajstić information content (AvgIpc) is 3.39. The van der Waals surface area contributed by atoms with Gasteiger partial charge in [-0.3, -0.25) is 9.69 Å². The number of hydrogen-bond donors (Lipinski definition) is 1. The van der Waals surface area contributed by atoms with E-state index in [0.29, 0.717) is 31.0 Å². The molecule has 38 heavy (non-hydrogen) atoms. The molecule has 0 spiro atoms. The molecule has 0 bridgehead atoms. The third-order valence-electron chi connectivity index (χ3n) is 7.26. The van der Waals surface area contributed by atoms with E-state index in [9.17, 15) is 9.18 Å². The number of nitrogens with zero attached hydrogens (tertiary/aromatic N) is 6. The summed E-state index contributed by atoms with van der Waals surface area (Å²) in [6, 6.07) is 24.1. The van der Waals surface area contributed by atoms with Gasteiger partial charge in [0.15, 0.2) is 5.82 Å². The second kappa shape index (κ2) is 10.2. The fourth-order valence-electron chi connectivity index (χ4n) is 5.27. The Bertz CT molecular complexity index is 1610. The van der Waals surface area contributed by atoms with Crippen LogP contribution in [0, 0.1) is 12.7 Å². The summed E-state index contributed by atoms with van der Waals surface area (Å²) >= 11 is 0. The van der Waals surface area contributed by atoms with Gasteiger partial charge in [-0.25, -0.2) is 9.07 Å². The molecule has 1 aliphatic heterocycles. The zero-order valence-corrected chi connectivity index (χ0v) is 21.1. The number of halogens is 1. The Hall–Kier alpha value is -4.37. The Balaban J connectivity index is 1.38.